The van der Waals surface area contributed by atoms with Crippen LogP contribution >= 0.6 is 12.2 Å². The van der Waals surface area contributed by atoms with Crippen molar-refractivity contribution in [2.45, 2.75) is 12.8 Å². The fraction of sp³-hybridized carbons (Fsp3) is 0.400. The first-order chi connectivity index (χ1) is 8.27. The number of hydrogen-bond acceptors (Lipinski definition) is 4. The molecule has 2 heterocycles. The summed E-state index contributed by atoms with van der Waals surface area (Å²) in [4.78, 5) is 21.3. The lowest BCUT2D eigenvalue weighted by atomic mass is 10.4. The highest BCUT2D eigenvalue weighted by molar-refractivity contribution is 7.80. The van der Waals surface area contributed by atoms with Gasteiger partial charge in [-0.1, -0.05) is 0 Å². The van der Waals surface area contributed by atoms with Gasteiger partial charge in [0.25, 0.3) is 5.91 Å². The average molecular weight is 251 g/mol. The SMILES string of the molecule is O=C(NNC(=S)N1CCCC1)c1cnccn1. The molecule has 2 rings (SSSR count). The Bertz CT molecular complexity index is 404. The summed E-state index contributed by atoms with van der Waals surface area (Å²) in [7, 11) is 0. The van der Waals surface area contributed by atoms with E-state index in [-0.39, 0.29) is 11.6 Å². The number of hydrogen-bond donors (Lipinski definition) is 2. The molecule has 1 aliphatic rings. The van der Waals surface area contributed by atoms with Crippen LogP contribution in [0.3, 0.4) is 0 Å². The van der Waals surface area contributed by atoms with Crippen LogP contribution in [0.1, 0.15) is 23.3 Å². The van der Waals surface area contributed by atoms with E-state index >= 15 is 0 Å². The predicted octanol–water partition coefficient (Wildman–Crippen LogP) is 0.0917. The van der Waals surface area contributed by atoms with Gasteiger partial charge in [0.05, 0.1) is 6.20 Å². The summed E-state index contributed by atoms with van der Waals surface area (Å²) in [5, 5.41) is 0.541. The third-order valence-corrected chi connectivity index (χ3v) is 2.83. The maximum atomic E-state index is 11.6. The number of nitrogens with zero attached hydrogens (tertiary/aromatic N) is 3. The molecule has 17 heavy (non-hydrogen) atoms. The van der Waals surface area contributed by atoms with Gasteiger partial charge in [-0.3, -0.25) is 20.6 Å². The molecule has 1 aliphatic heterocycles. The minimum atomic E-state index is -0.348. The molecule has 0 aromatic carbocycles. The highest BCUT2D eigenvalue weighted by Crippen LogP contribution is 2.06. The minimum absolute atomic E-state index is 0.254. The molecule has 7 heteroatoms. The van der Waals surface area contributed by atoms with E-state index in [0.717, 1.165) is 25.9 Å². The number of rotatable bonds is 1. The van der Waals surface area contributed by atoms with Crippen molar-refractivity contribution in [3.8, 4) is 0 Å². The molecular formula is C10H13N5OS. The van der Waals surface area contributed by atoms with E-state index in [1.807, 2.05) is 4.90 Å². The number of amides is 1. The van der Waals surface area contributed by atoms with Crippen LogP contribution in [0.5, 0.6) is 0 Å². The van der Waals surface area contributed by atoms with Gasteiger partial charge in [-0.2, -0.15) is 0 Å². The zero-order chi connectivity index (χ0) is 12.1. The fourth-order valence-electron chi connectivity index (χ4n) is 1.59. The lowest BCUT2D eigenvalue weighted by Gasteiger charge is -2.19. The Balaban J connectivity index is 1.82. The summed E-state index contributed by atoms with van der Waals surface area (Å²) in [5.74, 6) is -0.348. The Morgan fingerprint density at radius 3 is 2.71 bits per heavy atom. The molecule has 0 radical (unpaired) electrons. The van der Waals surface area contributed by atoms with Crippen LogP contribution in [0, 0.1) is 0 Å². The summed E-state index contributed by atoms with van der Waals surface area (Å²) in [5.41, 5.74) is 5.47. The number of likely N-dealkylation sites (tertiary alicyclic amines) is 1. The first-order valence-electron chi connectivity index (χ1n) is 5.38. The Morgan fingerprint density at radius 2 is 2.06 bits per heavy atom. The zero-order valence-electron chi connectivity index (χ0n) is 9.22. The van der Waals surface area contributed by atoms with E-state index in [1.54, 1.807) is 0 Å². The molecule has 90 valence electrons. The van der Waals surface area contributed by atoms with Crippen molar-refractivity contribution >= 4 is 23.2 Å². The van der Waals surface area contributed by atoms with Crippen molar-refractivity contribution in [1.82, 2.24) is 25.7 Å². The molecule has 0 atom stereocenters. The van der Waals surface area contributed by atoms with Gasteiger partial charge in [0.1, 0.15) is 5.69 Å². The second-order valence-corrected chi connectivity index (χ2v) is 4.06. The molecule has 0 unspecified atom stereocenters. The van der Waals surface area contributed by atoms with Crippen molar-refractivity contribution in [3.63, 3.8) is 0 Å². The van der Waals surface area contributed by atoms with Gasteiger partial charge in [0, 0.05) is 25.5 Å². The molecule has 0 spiro atoms. The number of carbonyl (C=O) groups excluding carboxylic acids is 1. The van der Waals surface area contributed by atoms with E-state index in [1.165, 1.54) is 18.6 Å². The topological polar surface area (TPSA) is 70.2 Å². The highest BCUT2D eigenvalue weighted by atomic mass is 32.1. The number of carbonyl (C=O) groups is 1. The lowest BCUT2D eigenvalue weighted by molar-refractivity contribution is 0.0937. The summed E-state index contributed by atoms with van der Waals surface area (Å²) in [6.07, 6.45) is 6.66. The monoisotopic (exact) mass is 251 g/mol. The van der Waals surface area contributed by atoms with Crippen LogP contribution in [0.25, 0.3) is 0 Å². The second kappa shape index (κ2) is 5.53. The van der Waals surface area contributed by atoms with Crippen molar-refractivity contribution in [3.05, 3.63) is 24.3 Å². The maximum absolute atomic E-state index is 11.6. The number of aromatic nitrogens is 2. The van der Waals surface area contributed by atoms with Crippen LogP contribution in [-0.2, 0) is 0 Å². The van der Waals surface area contributed by atoms with E-state index < -0.39 is 0 Å². The van der Waals surface area contributed by atoms with E-state index in [0.29, 0.717) is 5.11 Å². The first-order valence-corrected chi connectivity index (χ1v) is 5.79. The van der Waals surface area contributed by atoms with Crippen LogP contribution in [-0.4, -0.2) is 39.0 Å². The lowest BCUT2D eigenvalue weighted by Crippen LogP contribution is -2.47. The second-order valence-electron chi connectivity index (χ2n) is 3.67. The number of hydrazine groups is 1. The molecule has 1 aromatic heterocycles. The van der Waals surface area contributed by atoms with E-state index in [9.17, 15) is 4.79 Å². The normalized spacial score (nSPS) is 14.5. The van der Waals surface area contributed by atoms with Crippen LogP contribution in [0.15, 0.2) is 18.6 Å². The zero-order valence-corrected chi connectivity index (χ0v) is 10.0. The van der Waals surface area contributed by atoms with Crippen LogP contribution in [0.2, 0.25) is 0 Å². The Morgan fingerprint density at radius 1 is 1.29 bits per heavy atom. The Kier molecular flexibility index (Phi) is 3.81. The third-order valence-electron chi connectivity index (χ3n) is 2.47. The quantitative estimate of drug-likeness (QED) is 0.544. The minimum Gasteiger partial charge on any atom is -0.348 e. The van der Waals surface area contributed by atoms with Gasteiger partial charge >= 0.3 is 0 Å². The smallest absolute Gasteiger partial charge is 0.289 e. The molecule has 1 amide bonds. The highest BCUT2D eigenvalue weighted by Gasteiger charge is 2.15. The summed E-state index contributed by atoms with van der Waals surface area (Å²) < 4.78 is 0. The first kappa shape index (κ1) is 11.7. The average Bonchev–Trinajstić information content (AvgIpc) is 2.90. The largest absolute Gasteiger partial charge is 0.348 e. The standard InChI is InChI=1S/C10H13N5OS/c16-9(8-7-11-3-4-12-8)13-14-10(17)15-5-1-2-6-15/h3-4,7H,1-2,5-6H2,(H,13,16)(H,14,17). The van der Waals surface area contributed by atoms with Gasteiger partial charge in [0.2, 0.25) is 0 Å². The van der Waals surface area contributed by atoms with Gasteiger partial charge in [-0.05, 0) is 25.1 Å². The molecule has 0 bridgehead atoms. The third kappa shape index (κ3) is 3.10. The van der Waals surface area contributed by atoms with Crippen molar-refractivity contribution < 1.29 is 4.79 Å². The molecule has 1 aromatic rings. The maximum Gasteiger partial charge on any atom is 0.289 e. The van der Waals surface area contributed by atoms with Gasteiger partial charge in [-0.15, -0.1) is 0 Å². The molecule has 2 N–H and O–H groups in total. The summed E-state index contributed by atoms with van der Waals surface area (Å²) >= 11 is 5.15. The fourth-order valence-corrected chi connectivity index (χ4v) is 1.82. The number of thiocarbonyl (C=S) groups is 1. The molecular weight excluding hydrogens is 238 g/mol. The summed E-state index contributed by atoms with van der Waals surface area (Å²) in [6.45, 7) is 1.87. The molecule has 1 saturated heterocycles. The number of nitrogens with one attached hydrogen (secondary N) is 2. The summed E-state index contributed by atoms with van der Waals surface area (Å²) in [6, 6.07) is 0. The van der Waals surface area contributed by atoms with Crippen molar-refractivity contribution in [1.29, 1.82) is 0 Å². The van der Waals surface area contributed by atoms with Crippen LogP contribution in [0.4, 0.5) is 0 Å². The Hall–Kier alpha value is -1.76. The molecule has 0 aliphatic carbocycles. The predicted molar refractivity (Wildman–Crippen MR) is 66.0 cm³/mol. The van der Waals surface area contributed by atoms with Crippen LogP contribution < -0.4 is 10.9 Å². The van der Waals surface area contributed by atoms with E-state index in [2.05, 4.69) is 20.8 Å². The molecule has 1 fully saturated rings. The van der Waals surface area contributed by atoms with E-state index in [4.69, 9.17) is 12.2 Å². The van der Waals surface area contributed by atoms with Gasteiger partial charge in [-0.25, -0.2) is 4.98 Å². The van der Waals surface area contributed by atoms with Gasteiger partial charge < -0.3 is 4.90 Å². The Labute approximate surface area is 104 Å². The molecule has 6 nitrogen and oxygen atoms in total. The van der Waals surface area contributed by atoms with Crippen molar-refractivity contribution in [2.24, 2.45) is 0 Å². The van der Waals surface area contributed by atoms with Gasteiger partial charge in [0.15, 0.2) is 5.11 Å². The molecule has 0 saturated carbocycles. The van der Waals surface area contributed by atoms with Crippen molar-refractivity contribution in [2.75, 3.05) is 13.1 Å².